The normalized spacial score (nSPS) is 13.4. The minimum absolute atomic E-state index is 0.0126. The Balaban J connectivity index is 1.78. The summed E-state index contributed by atoms with van der Waals surface area (Å²) in [4.78, 5) is 27.3. The van der Waals surface area contributed by atoms with Gasteiger partial charge in [-0.05, 0) is 65.7 Å². The van der Waals surface area contributed by atoms with Crippen molar-refractivity contribution in [3.63, 3.8) is 0 Å². The number of aliphatic hydroxyl groups is 2. The van der Waals surface area contributed by atoms with E-state index in [4.69, 9.17) is 4.74 Å². The molecule has 10 heteroatoms. The first-order chi connectivity index (χ1) is 20.2. The third kappa shape index (κ3) is 10.8. The van der Waals surface area contributed by atoms with Gasteiger partial charge in [-0.2, -0.15) is 0 Å². The van der Waals surface area contributed by atoms with Gasteiger partial charge in [0.15, 0.2) is 6.10 Å². The topological polar surface area (TPSA) is 102 Å². The van der Waals surface area contributed by atoms with E-state index in [9.17, 15) is 24.2 Å². The van der Waals surface area contributed by atoms with E-state index in [2.05, 4.69) is 23.5 Å². The van der Waals surface area contributed by atoms with E-state index >= 15 is 0 Å². The minimum Gasteiger partial charge on any atom is -0.453 e. The van der Waals surface area contributed by atoms with Crippen molar-refractivity contribution in [2.24, 2.45) is 5.92 Å². The smallest absolute Gasteiger partial charge is 0.293 e. The highest BCUT2D eigenvalue weighted by atomic mass is 32.2. The molecule has 3 N–H and O–H groups in total. The second-order valence-corrected chi connectivity index (χ2v) is 11.8. The van der Waals surface area contributed by atoms with Gasteiger partial charge in [-0.15, -0.1) is 0 Å². The lowest BCUT2D eigenvalue weighted by atomic mass is 10.0. The van der Waals surface area contributed by atoms with E-state index in [0.717, 1.165) is 16.0 Å². The maximum Gasteiger partial charge on any atom is 0.293 e. The molecule has 0 heterocycles. The fraction of sp³-hybridized carbons (Fsp3) is 0.375. The third-order valence-corrected chi connectivity index (χ3v) is 7.63. The van der Waals surface area contributed by atoms with Gasteiger partial charge in [0.05, 0.1) is 25.3 Å². The Kier molecular flexibility index (Phi) is 13.3. The van der Waals surface area contributed by atoms with Crippen molar-refractivity contribution < 1.29 is 28.9 Å². The van der Waals surface area contributed by atoms with Crippen LogP contribution in [0.3, 0.4) is 0 Å². The molecule has 3 atom stereocenters. The summed E-state index contributed by atoms with van der Waals surface area (Å²) < 4.78 is 21.0. The van der Waals surface area contributed by atoms with Crippen LogP contribution in [0, 0.1) is 11.7 Å². The Labute approximate surface area is 251 Å². The van der Waals surface area contributed by atoms with Gasteiger partial charge >= 0.3 is 0 Å². The van der Waals surface area contributed by atoms with Gasteiger partial charge < -0.3 is 25.2 Å². The van der Waals surface area contributed by atoms with Crippen LogP contribution in [-0.4, -0.2) is 71.8 Å². The molecule has 0 spiro atoms. The molecule has 0 aliphatic carbocycles. The second kappa shape index (κ2) is 16.9. The number of anilines is 1. The van der Waals surface area contributed by atoms with Crippen LogP contribution in [0.1, 0.15) is 25.0 Å². The van der Waals surface area contributed by atoms with Crippen LogP contribution in [0.25, 0.3) is 0 Å². The average Bonchev–Trinajstić information content (AvgIpc) is 2.97. The van der Waals surface area contributed by atoms with Gasteiger partial charge in [0.1, 0.15) is 5.82 Å². The van der Waals surface area contributed by atoms with Crippen LogP contribution in [0.15, 0.2) is 83.8 Å². The van der Waals surface area contributed by atoms with Gasteiger partial charge in [-0.25, -0.2) is 8.70 Å². The SMILES string of the molecule is CC(C)CN(CC(O)C(Cc1ccccc1)NC(=O)C(CN(C)c1cccc(F)c1)OC=O)Sc1ccc(CO)cc1. The summed E-state index contributed by atoms with van der Waals surface area (Å²) in [6.07, 6.45) is -1.80. The molecule has 3 rings (SSSR count). The number of hydrogen-bond acceptors (Lipinski definition) is 8. The number of hydrogen-bond donors (Lipinski definition) is 3. The second-order valence-electron chi connectivity index (χ2n) is 10.6. The highest BCUT2D eigenvalue weighted by Crippen LogP contribution is 2.25. The number of nitrogens with zero attached hydrogens (tertiary/aromatic N) is 2. The van der Waals surface area contributed by atoms with Crippen molar-refractivity contribution in [3.8, 4) is 0 Å². The lowest BCUT2D eigenvalue weighted by Crippen LogP contribution is -2.53. The zero-order valence-corrected chi connectivity index (χ0v) is 25.0. The number of ether oxygens (including phenoxy) is 1. The van der Waals surface area contributed by atoms with Crippen LogP contribution < -0.4 is 10.2 Å². The number of halogens is 1. The molecule has 1 amide bonds. The highest BCUT2D eigenvalue weighted by molar-refractivity contribution is 7.97. The maximum absolute atomic E-state index is 13.8. The summed E-state index contributed by atoms with van der Waals surface area (Å²) in [5, 5.41) is 23.8. The van der Waals surface area contributed by atoms with Crippen LogP contribution in [0.5, 0.6) is 0 Å². The van der Waals surface area contributed by atoms with Gasteiger partial charge in [-0.1, -0.05) is 62.4 Å². The van der Waals surface area contributed by atoms with Gasteiger partial charge in [-0.3, -0.25) is 9.59 Å². The molecule has 0 aromatic heterocycles. The van der Waals surface area contributed by atoms with Crippen molar-refractivity contribution in [1.82, 2.24) is 9.62 Å². The number of likely N-dealkylation sites (N-methyl/N-ethyl adjacent to an activating group) is 1. The molecule has 0 aliphatic rings. The Morgan fingerprint density at radius 2 is 1.71 bits per heavy atom. The molecule has 3 unspecified atom stereocenters. The van der Waals surface area contributed by atoms with Crippen molar-refractivity contribution in [1.29, 1.82) is 0 Å². The summed E-state index contributed by atoms with van der Waals surface area (Å²) in [6, 6.07) is 22.3. The first-order valence-electron chi connectivity index (χ1n) is 13.9. The zero-order chi connectivity index (χ0) is 30.5. The van der Waals surface area contributed by atoms with Crippen LogP contribution in [0.2, 0.25) is 0 Å². The molecule has 42 heavy (non-hydrogen) atoms. The zero-order valence-electron chi connectivity index (χ0n) is 24.2. The van der Waals surface area contributed by atoms with Gasteiger partial charge in [0.25, 0.3) is 12.4 Å². The average molecular weight is 598 g/mol. The molecule has 226 valence electrons. The monoisotopic (exact) mass is 597 g/mol. The van der Waals surface area contributed by atoms with Gasteiger partial charge in [0.2, 0.25) is 0 Å². The Morgan fingerprint density at radius 1 is 1.00 bits per heavy atom. The molecule has 0 bridgehead atoms. The van der Waals surface area contributed by atoms with Crippen molar-refractivity contribution in [2.45, 2.75) is 50.0 Å². The number of carbonyl (C=O) groups excluding carboxylic acids is 2. The summed E-state index contributed by atoms with van der Waals surface area (Å²) in [5.74, 6) is -0.670. The van der Waals surface area contributed by atoms with E-state index < -0.39 is 30.0 Å². The van der Waals surface area contributed by atoms with E-state index in [1.54, 1.807) is 24.1 Å². The van der Waals surface area contributed by atoms with Crippen molar-refractivity contribution in [2.75, 3.05) is 31.6 Å². The number of nitrogens with one attached hydrogen (secondary N) is 1. The van der Waals surface area contributed by atoms with Crippen molar-refractivity contribution in [3.05, 3.63) is 95.8 Å². The molecule has 0 radical (unpaired) electrons. The molecule has 0 saturated carbocycles. The first kappa shape index (κ1) is 33.1. The summed E-state index contributed by atoms with van der Waals surface area (Å²) in [6.45, 7) is 5.29. The van der Waals surface area contributed by atoms with Crippen LogP contribution in [-0.2, 0) is 27.4 Å². The number of carbonyl (C=O) groups is 2. The Bertz CT molecular complexity index is 1250. The number of benzene rings is 3. The largest absolute Gasteiger partial charge is 0.453 e. The van der Waals surface area contributed by atoms with E-state index in [-0.39, 0.29) is 26.2 Å². The van der Waals surface area contributed by atoms with Crippen LogP contribution in [0.4, 0.5) is 10.1 Å². The van der Waals surface area contributed by atoms with Crippen molar-refractivity contribution >= 4 is 30.0 Å². The Hall–Kier alpha value is -3.44. The molecule has 8 nitrogen and oxygen atoms in total. The maximum atomic E-state index is 13.8. The molecule has 3 aromatic rings. The molecular formula is C32H40FN3O5S. The van der Waals surface area contributed by atoms with Gasteiger partial charge in [0, 0.05) is 30.7 Å². The predicted octanol–water partition coefficient (Wildman–Crippen LogP) is 4.05. The molecule has 3 aromatic carbocycles. The standard InChI is InChI=1S/C32H40FN3O5S/c1-23(2)18-36(42-28-14-12-25(21-37)13-15-28)19-30(39)29(16-24-8-5-4-6-9-24)34-32(40)31(41-22-38)20-35(3)27-11-7-10-26(33)17-27/h4-15,17,22-23,29-31,37,39H,16,18-21H2,1-3H3,(H,34,40). The van der Waals surface area contributed by atoms with Crippen LogP contribution >= 0.6 is 11.9 Å². The first-order valence-corrected chi connectivity index (χ1v) is 14.7. The third-order valence-electron chi connectivity index (χ3n) is 6.59. The van der Waals surface area contributed by atoms with E-state index in [1.165, 1.54) is 24.1 Å². The predicted molar refractivity (Wildman–Crippen MR) is 163 cm³/mol. The lowest BCUT2D eigenvalue weighted by Gasteiger charge is -2.31. The molecule has 0 saturated heterocycles. The molecular weight excluding hydrogens is 557 g/mol. The number of aliphatic hydroxyl groups excluding tert-OH is 2. The quantitative estimate of drug-likeness (QED) is 0.158. The fourth-order valence-electron chi connectivity index (χ4n) is 4.45. The van der Waals surface area contributed by atoms with E-state index in [1.807, 2.05) is 54.6 Å². The fourth-order valence-corrected chi connectivity index (χ4v) is 5.60. The lowest BCUT2D eigenvalue weighted by molar-refractivity contribution is -0.145. The molecule has 0 aliphatic heterocycles. The summed E-state index contributed by atoms with van der Waals surface area (Å²) in [5.41, 5.74) is 2.27. The molecule has 0 fully saturated rings. The highest BCUT2D eigenvalue weighted by Gasteiger charge is 2.29. The number of rotatable bonds is 17. The summed E-state index contributed by atoms with van der Waals surface area (Å²) >= 11 is 1.50. The minimum atomic E-state index is -1.19. The van der Waals surface area contributed by atoms with E-state index in [0.29, 0.717) is 24.6 Å². The number of amides is 1. The Morgan fingerprint density at radius 3 is 2.33 bits per heavy atom. The summed E-state index contributed by atoms with van der Waals surface area (Å²) in [7, 11) is 1.67.